The lowest BCUT2D eigenvalue weighted by Crippen LogP contribution is -2.11. The van der Waals surface area contributed by atoms with Gasteiger partial charge in [-0.3, -0.25) is 14.9 Å². The van der Waals surface area contributed by atoms with Crippen molar-refractivity contribution in [3.05, 3.63) is 93.1 Å². The van der Waals surface area contributed by atoms with Crippen molar-refractivity contribution in [2.24, 2.45) is 0 Å². The predicted octanol–water partition coefficient (Wildman–Crippen LogP) is 4.63. The van der Waals surface area contributed by atoms with Gasteiger partial charge in [-0.1, -0.05) is 35.5 Å². The van der Waals surface area contributed by atoms with E-state index < -0.39 is 10.7 Å². The summed E-state index contributed by atoms with van der Waals surface area (Å²) in [6, 6.07) is 14.6. The van der Waals surface area contributed by atoms with Crippen molar-refractivity contribution in [3.63, 3.8) is 0 Å². The third-order valence-electron chi connectivity index (χ3n) is 4.38. The second kappa shape index (κ2) is 7.90. The first kappa shape index (κ1) is 18.4. The Morgan fingerprint density at radius 1 is 1.19 bits per heavy atom. The second-order valence-corrected chi connectivity index (χ2v) is 6.24. The molecule has 3 aromatic rings. The van der Waals surface area contributed by atoms with Crippen LogP contribution in [-0.2, 0) is 6.42 Å². The fourth-order valence-corrected chi connectivity index (χ4v) is 3.01. The van der Waals surface area contributed by atoms with Crippen LogP contribution in [0.4, 0.5) is 10.1 Å². The number of benzene rings is 2. The Balaban J connectivity index is 1.89. The molecule has 0 aliphatic rings. The van der Waals surface area contributed by atoms with Crippen molar-refractivity contribution in [2.45, 2.75) is 25.7 Å². The molecule has 138 valence electrons. The Bertz CT molecular complexity index is 952. The maximum absolute atomic E-state index is 13.1. The molecule has 0 N–H and O–H groups in total. The molecule has 6 nitrogen and oxygen atoms in total. The van der Waals surface area contributed by atoms with Crippen LogP contribution in [-0.4, -0.2) is 15.9 Å². The minimum Gasteiger partial charge on any atom is -0.354 e. The molecular weight excluding hydrogens is 351 g/mol. The highest BCUT2D eigenvalue weighted by Crippen LogP contribution is 2.31. The molecule has 1 heterocycles. The molecule has 0 bridgehead atoms. The van der Waals surface area contributed by atoms with Gasteiger partial charge in [0.2, 0.25) is 5.76 Å². The monoisotopic (exact) mass is 368 g/mol. The van der Waals surface area contributed by atoms with Gasteiger partial charge < -0.3 is 4.52 Å². The Kier molecular flexibility index (Phi) is 5.40. The number of rotatable bonds is 7. The van der Waals surface area contributed by atoms with Gasteiger partial charge >= 0.3 is 5.69 Å². The number of aromatic nitrogens is 1. The van der Waals surface area contributed by atoms with Crippen LogP contribution in [0.3, 0.4) is 0 Å². The van der Waals surface area contributed by atoms with E-state index in [0.29, 0.717) is 5.56 Å². The van der Waals surface area contributed by atoms with Crippen molar-refractivity contribution in [2.75, 3.05) is 0 Å². The van der Waals surface area contributed by atoms with Gasteiger partial charge in [-0.05, 0) is 42.7 Å². The number of hydrogen-bond donors (Lipinski definition) is 0. The van der Waals surface area contributed by atoms with Crippen molar-refractivity contribution < 1.29 is 18.6 Å². The average molecular weight is 368 g/mol. The molecule has 1 atom stereocenters. The molecule has 0 fully saturated rings. The van der Waals surface area contributed by atoms with Crippen molar-refractivity contribution >= 4 is 11.5 Å². The van der Waals surface area contributed by atoms with E-state index in [0.717, 1.165) is 5.56 Å². The highest BCUT2D eigenvalue weighted by atomic mass is 19.1. The first-order valence-electron chi connectivity index (χ1n) is 8.39. The zero-order chi connectivity index (χ0) is 19.4. The number of Topliss-reactive ketones (excluding diaryl/α,β-unsaturated/α-hetero) is 1. The first-order valence-corrected chi connectivity index (χ1v) is 8.39. The summed E-state index contributed by atoms with van der Waals surface area (Å²) in [6.45, 7) is 1.51. The number of ketones is 1. The van der Waals surface area contributed by atoms with Crippen LogP contribution in [0.15, 0.2) is 59.1 Å². The third-order valence-corrected chi connectivity index (χ3v) is 4.38. The van der Waals surface area contributed by atoms with Gasteiger partial charge in [-0.15, -0.1) is 0 Å². The highest BCUT2D eigenvalue weighted by Gasteiger charge is 2.28. The molecule has 3 rings (SSSR count). The van der Waals surface area contributed by atoms with Gasteiger partial charge in [0, 0.05) is 18.4 Å². The number of halogens is 1. The molecule has 0 unspecified atom stereocenters. The molecule has 0 saturated carbocycles. The summed E-state index contributed by atoms with van der Waals surface area (Å²) in [5.74, 6) is -0.797. The maximum atomic E-state index is 13.1. The zero-order valence-corrected chi connectivity index (χ0v) is 14.6. The number of nitro groups is 1. The van der Waals surface area contributed by atoms with E-state index in [-0.39, 0.29) is 41.7 Å². The number of hydrogen-bond acceptors (Lipinski definition) is 5. The molecule has 0 saturated heterocycles. The summed E-state index contributed by atoms with van der Waals surface area (Å²) in [4.78, 5) is 23.4. The van der Waals surface area contributed by atoms with Crippen LogP contribution in [0, 0.1) is 22.9 Å². The first-order chi connectivity index (χ1) is 13.0. The van der Waals surface area contributed by atoms with E-state index in [1.807, 2.05) is 30.3 Å². The molecule has 0 aliphatic heterocycles. The summed E-state index contributed by atoms with van der Waals surface area (Å²) in [5, 5.41) is 15.0. The molecule has 0 amide bonds. The number of carbonyl (C=O) groups is 1. The molecule has 27 heavy (non-hydrogen) atoms. The summed E-state index contributed by atoms with van der Waals surface area (Å²) in [6.07, 6.45) is 0.265. The summed E-state index contributed by atoms with van der Waals surface area (Å²) in [5.41, 5.74) is 1.29. The Hall–Kier alpha value is -3.35. The van der Waals surface area contributed by atoms with Crippen LogP contribution in [0.2, 0.25) is 0 Å². The molecule has 1 aromatic heterocycles. The van der Waals surface area contributed by atoms with Gasteiger partial charge in [0.1, 0.15) is 5.82 Å². The normalized spacial score (nSPS) is 11.9. The average Bonchev–Trinajstić information content (AvgIpc) is 3.03. The van der Waals surface area contributed by atoms with Crippen LogP contribution in [0.5, 0.6) is 0 Å². The number of carbonyl (C=O) groups excluding carboxylic acids is 1. The van der Waals surface area contributed by atoms with Gasteiger partial charge in [-0.2, -0.15) is 0 Å². The zero-order valence-electron chi connectivity index (χ0n) is 14.6. The molecule has 0 aliphatic carbocycles. The van der Waals surface area contributed by atoms with Crippen molar-refractivity contribution in [1.82, 2.24) is 5.16 Å². The highest BCUT2D eigenvalue weighted by molar-refractivity contribution is 5.96. The van der Waals surface area contributed by atoms with Gasteiger partial charge in [0.05, 0.1) is 4.92 Å². The SMILES string of the molecule is Cc1noc(C[C@H](CC(=O)c2ccc(F)cc2)c2ccccc2)c1[N+](=O)[O-]. The molecule has 0 radical (unpaired) electrons. The number of nitrogens with zero attached hydrogens (tertiary/aromatic N) is 2. The van der Waals surface area contributed by atoms with Gasteiger partial charge in [0.25, 0.3) is 0 Å². The largest absolute Gasteiger partial charge is 0.354 e. The lowest BCUT2D eigenvalue weighted by Gasteiger charge is -2.15. The fraction of sp³-hybridized carbons (Fsp3) is 0.200. The second-order valence-electron chi connectivity index (χ2n) is 6.24. The minimum atomic E-state index is -0.523. The van der Waals surface area contributed by atoms with Crippen LogP contribution >= 0.6 is 0 Å². The Morgan fingerprint density at radius 3 is 2.48 bits per heavy atom. The van der Waals surface area contributed by atoms with E-state index in [9.17, 15) is 19.3 Å². The van der Waals surface area contributed by atoms with E-state index in [1.54, 1.807) is 0 Å². The Morgan fingerprint density at radius 2 is 1.85 bits per heavy atom. The third kappa shape index (κ3) is 4.25. The Labute approximate surface area is 154 Å². The molecule has 7 heteroatoms. The summed E-state index contributed by atoms with van der Waals surface area (Å²) >= 11 is 0. The minimum absolute atomic E-state index is 0.104. The standard InChI is InChI=1S/C20H17FN2O4/c1-13-20(23(25)26)19(27-22-13)12-16(14-5-3-2-4-6-14)11-18(24)15-7-9-17(21)10-8-15/h2-10,16H,11-12H2,1H3/t16-/m0/s1. The van der Waals surface area contributed by atoms with Gasteiger partial charge in [-0.25, -0.2) is 4.39 Å². The van der Waals surface area contributed by atoms with E-state index in [1.165, 1.54) is 31.2 Å². The lowest BCUT2D eigenvalue weighted by molar-refractivity contribution is -0.386. The van der Waals surface area contributed by atoms with Crippen LogP contribution < -0.4 is 0 Å². The maximum Gasteiger partial charge on any atom is 0.334 e. The van der Waals surface area contributed by atoms with Crippen LogP contribution in [0.25, 0.3) is 0 Å². The van der Waals surface area contributed by atoms with Gasteiger partial charge in [0.15, 0.2) is 11.5 Å². The summed E-state index contributed by atoms with van der Waals surface area (Å²) in [7, 11) is 0. The summed E-state index contributed by atoms with van der Waals surface area (Å²) < 4.78 is 18.3. The lowest BCUT2D eigenvalue weighted by atomic mass is 9.88. The number of aryl methyl sites for hydroxylation is 1. The topological polar surface area (TPSA) is 86.2 Å². The van der Waals surface area contributed by atoms with Crippen molar-refractivity contribution in [1.29, 1.82) is 0 Å². The van der Waals surface area contributed by atoms with E-state index in [4.69, 9.17) is 4.52 Å². The van der Waals surface area contributed by atoms with E-state index in [2.05, 4.69) is 5.16 Å². The fourth-order valence-electron chi connectivity index (χ4n) is 3.01. The van der Waals surface area contributed by atoms with Crippen molar-refractivity contribution in [3.8, 4) is 0 Å². The van der Waals surface area contributed by atoms with Crippen LogP contribution in [0.1, 0.15) is 39.7 Å². The quantitative estimate of drug-likeness (QED) is 0.345. The molecule has 2 aromatic carbocycles. The predicted molar refractivity (Wildman–Crippen MR) is 96.1 cm³/mol. The molecular formula is C20H17FN2O4. The molecule has 0 spiro atoms. The smallest absolute Gasteiger partial charge is 0.334 e. The van der Waals surface area contributed by atoms with E-state index >= 15 is 0 Å².